The number of halogens is 1. The molecule has 0 bridgehead atoms. The predicted molar refractivity (Wildman–Crippen MR) is 67.5 cm³/mol. The van der Waals surface area contributed by atoms with Crippen LogP contribution < -0.4 is 5.32 Å². The van der Waals surface area contributed by atoms with E-state index in [-0.39, 0.29) is 5.91 Å². The molecule has 0 saturated heterocycles. The van der Waals surface area contributed by atoms with Crippen molar-refractivity contribution >= 4 is 33.2 Å². The zero-order chi connectivity index (χ0) is 11.3. The van der Waals surface area contributed by atoms with E-state index in [4.69, 9.17) is 0 Å². The third-order valence-corrected chi connectivity index (χ3v) is 3.49. The van der Waals surface area contributed by atoms with Gasteiger partial charge in [-0.15, -0.1) is 11.3 Å². The molecule has 1 aromatic rings. The maximum Gasteiger partial charge on any atom is 0.261 e. The van der Waals surface area contributed by atoms with Crippen LogP contribution in [-0.4, -0.2) is 38.0 Å². The van der Waals surface area contributed by atoms with Gasteiger partial charge < -0.3 is 10.2 Å². The van der Waals surface area contributed by atoms with Crippen LogP contribution in [0.5, 0.6) is 0 Å². The van der Waals surface area contributed by atoms with Crippen LogP contribution in [0.3, 0.4) is 0 Å². The van der Waals surface area contributed by atoms with E-state index in [1.807, 2.05) is 26.2 Å². The van der Waals surface area contributed by atoms with Crippen molar-refractivity contribution < 1.29 is 4.79 Å². The van der Waals surface area contributed by atoms with Crippen LogP contribution in [0.4, 0.5) is 0 Å². The highest BCUT2D eigenvalue weighted by Crippen LogP contribution is 2.21. The molecule has 1 amide bonds. The summed E-state index contributed by atoms with van der Waals surface area (Å²) in [7, 11) is 4.05. The number of amides is 1. The van der Waals surface area contributed by atoms with E-state index in [0.29, 0.717) is 0 Å². The van der Waals surface area contributed by atoms with Crippen molar-refractivity contribution in [2.24, 2.45) is 0 Å². The zero-order valence-corrected chi connectivity index (χ0v) is 11.3. The van der Waals surface area contributed by atoms with Gasteiger partial charge in [0.05, 0.1) is 8.66 Å². The highest BCUT2D eigenvalue weighted by Gasteiger charge is 2.06. The molecule has 0 aromatic carbocycles. The van der Waals surface area contributed by atoms with Crippen molar-refractivity contribution in [3.8, 4) is 0 Å². The maximum absolute atomic E-state index is 11.6. The van der Waals surface area contributed by atoms with E-state index in [2.05, 4.69) is 26.1 Å². The highest BCUT2D eigenvalue weighted by atomic mass is 79.9. The number of carbonyl (C=O) groups is 1. The van der Waals surface area contributed by atoms with E-state index in [1.165, 1.54) is 11.3 Å². The summed E-state index contributed by atoms with van der Waals surface area (Å²) < 4.78 is 0.987. The van der Waals surface area contributed by atoms with Crippen molar-refractivity contribution in [3.05, 3.63) is 20.8 Å². The van der Waals surface area contributed by atoms with Crippen molar-refractivity contribution in [3.63, 3.8) is 0 Å². The second kappa shape index (κ2) is 6.25. The molecule has 3 nitrogen and oxygen atoms in total. The summed E-state index contributed by atoms with van der Waals surface area (Å²) in [4.78, 5) is 14.4. The molecule has 0 aliphatic carbocycles. The normalized spacial score (nSPS) is 10.7. The van der Waals surface area contributed by atoms with Crippen molar-refractivity contribution in [2.75, 3.05) is 27.2 Å². The Morgan fingerprint density at radius 2 is 2.27 bits per heavy atom. The standard InChI is InChI=1S/C10H15BrN2OS/c1-13(2)7-3-6-12-10(14)8-4-5-9(11)15-8/h4-5H,3,6-7H2,1-2H3,(H,12,14). The summed E-state index contributed by atoms with van der Waals surface area (Å²) in [5.74, 6) is 0.0180. The van der Waals surface area contributed by atoms with Gasteiger partial charge in [0, 0.05) is 6.54 Å². The number of rotatable bonds is 5. The quantitative estimate of drug-likeness (QED) is 0.843. The first-order chi connectivity index (χ1) is 7.09. The highest BCUT2D eigenvalue weighted by molar-refractivity contribution is 9.11. The van der Waals surface area contributed by atoms with E-state index in [0.717, 1.165) is 28.2 Å². The smallest absolute Gasteiger partial charge is 0.261 e. The van der Waals surface area contributed by atoms with Gasteiger partial charge in [-0.1, -0.05) is 0 Å². The number of hydrogen-bond acceptors (Lipinski definition) is 3. The maximum atomic E-state index is 11.6. The summed E-state index contributed by atoms with van der Waals surface area (Å²) in [5.41, 5.74) is 0. The lowest BCUT2D eigenvalue weighted by Gasteiger charge is -2.09. The summed E-state index contributed by atoms with van der Waals surface area (Å²) in [5, 5.41) is 2.89. The van der Waals surface area contributed by atoms with Crippen LogP contribution in [0.15, 0.2) is 15.9 Å². The van der Waals surface area contributed by atoms with Gasteiger partial charge in [0.15, 0.2) is 0 Å². The van der Waals surface area contributed by atoms with Crippen LogP contribution in [0.1, 0.15) is 16.1 Å². The lowest BCUT2D eigenvalue weighted by molar-refractivity contribution is 0.0956. The molecular formula is C10H15BrN2OS. The monoisotopic (exact) mass is 290 g/mol. The average Bonchev–Trinajstić information content (AvgIpc) is 2.59. The predicted octanol–water partition coefficient (Wildman–Crippen LogP) is 2.19. The Labute approximate surface area is 103 Å². The molecule has 0 aliphatic heterocycles. The third-order valence-electron chi connectivity index (χ3n) is 1.86. The Kier molecular flexibility index (Phi) is 5.28. The summed E-state index contributed by atoms with van der Waals surface area (Å²) in [6.45, 7) is 1.72. The second-order valence-corrected chi connectivity index (χ2v) is 5.98. The third kappa shape index (κ3) is 4.77. The molecule has 15 heavy (non-hydrogen) atoms. The van der Waals surface area contributed by atoms with Crippen LogP contribution in [0.25, 0.3) is 0 Å². The molecule has 1 rings (SSSR count). The molecule has 0 fully saturated rings. The molecule has 0 unspecified atom stereocenters. The Bertz CT molecular complexity index is 325. The van der Waals surface area contributed by atoms with Gasteiger partial charge in [-0.2, -0.15) is 0 Å². The summed E-state index contributed by atoms with van der Waals surface area (Å²) in [6, 6.07) is 3.72. The molecule has 1 aromatic heterocycles. The molecule has 0 radical (unpaired) electrons. The summed E-state index contributed by atoms with van der Waals surface area (Å²) >= 11 is 4.79. The number of carbonyl (C=O) groups excluding carboxylic acids is 1. The minimum atomic E-state index is 0.0180. The van der Waals surface area contributed by atoms with Crippen LogP contribution in [0, 0.1) is 0 Å². The van der Waals surface area contributed by atoms with Crippen molar-refractivity contribution in [1.29, 1.82) is 0 Å². The molecule has 0 spiro atoms. The van der Waals surface area contributed by atoms with Gasteiger partial charge in [0.2, 0.25) is 0 Å². The van der Waals surface area contributed by atoms with Gasteiger partial charge in [0.25, 0.3) is 5.91 Å². The first kappa shape index (κ1) is 12.7. The molecule has 0 atom stereocenters. The molecule has 1 N–H and O–H groups in total. The molecule has 0 saturated carbocycles. The molecular weight excluding hydrogens is 276 g/mol. The summed E-state index contributed by atoms with van der Waals surface area (Å²) in [6.07, 6.45) is 0.977. The Balaban J connectivity index is 2.25. The number of thiophene rings is 1. The van der Waals surface area contributed by atoms with E-state index in [9.17, 15) is 4.79 Å². The Hall–Kier alpha value is -0.390. The van der Waals surface area contributed by atoms with Gasteiger partial charge in [-0.3, -0.25) is 4.79 Å². The van der Waals surface area contributed by atoms with Crippen molar-refractivity contribution in [2.45, 2.75) is 6.42 Å². The topological polar surface area (TPSA) is 32.3 Å². The number of hydrogen-bond donors (Lipinski definition) is 1. The van der Waals surface area contributed by atoms with E-state index < -0.39 is 0 Å². The van der Waals surface area contributed by atoms with Crippen LogP contribution in [-0.2, 0) is 0 Å². The minimum Gasteiger partial charge on any atom is -0.351 e. The van der Waals surface area contributed by atoms with Gasteiger partial charge >= 0.3 is 0 Å². The van der Waals surface area contributed by atoms with Gasteiger partial charge in [0.1, 0.15) is 0 Å². The second-order valence-electron chi connectivity index (χ2n) is 3.52. The first-order valence-electron chi connectivity index (χ1n) is 4.78. The Morgan fingerprint density at radius 1 is 1.53 bits per heavy atom. The molecule has 0 aliphatic rings. The lowest BCUT2D eigenvalue weighted by atomic mass is 10.4. The molecule has 84 valence electrons. The van der Waals surface area contributed by atoms with Crippen LogP contribution >= 0.6 is 27.3 Å². The number of nitrogens with one attached hydrogen (secondary N) is 1. The Morgan fingerprint density at radius 3 is 2.80 bits per heavy atom. The van der Waals surface area contributed by atoms with E-state index in [1.54, 1.807) is 0 Å². The fraction of sp³-hybridized carbons (Fsp3) is 0.500. The zero-order valence-electron chi connectivity index (χ0n) is 8.92. The van der Waals surface area contributed by atoms with Gasteiger partial charge in [-0.05, 0) is 55.1 Å². The first-order valence-corrected chi connectivity index (χ1v) is 6.39. The minimum absolute atomic E-state index is 0.0180. The fourth-order valence-electron chi connectivity index (χ4n) is 1.12. The largest absolute Gasteiger partial charge is 0.351 e. The molecule has 1 heterocycles. The molecule has 5 heteroatoms. The average molecular weight is 291 g/mol. The van der Waals surface area contributed by atoms with Crippen LogP contribution in [0.2, 0.25) is 0 Å². The fourth-order valence-corrected chi connectivity index (χ4v) is 2.42. The van der Waals surface area contributed by atoms with E-state index >= 15 is 0 Å². The van der Waals surface area contributed by atoms with Crippen molar-refractivity contribution in [1.82, 2.24) is 10.2 Å². The number of nitrogens with zero attached hydrogens (tertiary/aromatic N) is 1. The lowest BCUT2D eigenvalue weighted by Crippen LogP contribution is -2.26. The SMILES string of the molecule is CN(C)CCCNC(=O)c1ccc(Br)s1. The van der Waals surface area contributed by atoms with Gasteiger partial charge in [-0.25, -0.2) is 0 Å².